The number of nitrogens with zero attached hydrogens (tertiary/aromatic N) is 2. The first-order valence-electron chi connectivity index (χ1n) is 15.5. The molecule has 7 heteroatoms. The predicted molar refractivity (Wildman–Crippen MR) is 170 cm³/mol. The monoisotopic (exact) mass is 586 g/mol. The van der Waals surface area contributed by atoms with Crippen LogP contribution in [0.4, 0.5) is 5.69 Å². The Balaban J connectivity index is 1.61. The molecule has 2 aromatic carbocycles. The van der Waals surface area contributed by atoms with Gasteiger partial charge in [0.25, 0.3) is 0 Å². The van der Waals surface area contributed by atoms with Gasteiger partial charge < -0.3 is 24.6 Å². The number of carboxylic acids is 1. The van der Waals surface area contributed by atoms with E-state index in [0.717, 1.165) is 73.3 Å². The van der Waals surface area contributed by atoms with Crippen LogP contribution >= 0.6 is 0 Å². The number of aliphatic hydroxyl groups excluding tert-OH is 1. The number of rotatable bonds is 8. The molecule has 2 N–H and O–H groups in total. The van der Waals surface area contributed by atoms with Gasteiger partial charge in [-0.25, -0.2) is 4.79 Å². The van der Waals surface area contributed by atoms with Gasteiger partial charge in [-0.1, -0.05) is 50.2 Å². The predicted octanol–water partition coefficient (Wildman–Crippen LogP) is 7.05. The number of aromatic nitrogens is 1. The molecule has 230 valence electrons. The average molecular weight is 587 g/mol. The summed E-state index contributed by atoms with van der Waals surface area (Å²) in [5.41, 5.74) is 6.04. The Labute approximate surface area is 255 Å². The molecule has 0 unspecified atom stereocenters. The fourth-order valence-electron chi connectivity index (χ4n) is 6.36. The topological polar surface area (TPSA) is 92.1 Å². The van der Waals surface area contributed by atoms with Crippen LogP contribution < -0.4 is 9.64 Å². The summed E-state index contributed by atoms with van der Waals surface area (Å²) in [6, 6.07) is 16.6. The normalized spacial score (nSPS) is 19.0. The molecule has 1 fully saturated rings. The number of pyridine rings is 1. The van der Waals surface area contributed by atoms with E-state index >= 15 is 0 Å². The van der Waals surface area contributed by atoms with Crippen molar-refractivity contribution >= 4 is 11.7 Å². The number of hydrogen-bond donors (Lipinski definition) is 2. The second-order valence-electron chi connectivity index (χ2n) is 13.8. The van der Waals surface area contributed by atoms with Crippen molar-refractivity contribution in [2.24, 2.45) is 5.41 Å². The molecule has 1 aromatic heterocycles. The first-order valence-corrected chi connectivity index (χ1v) is 15.5. The van der Waals surface area contributed by atoms with Crippen molar-refractivity contribution < 1.29 is 24.5 Å². The van der Waals surface area contributed by atoms with Crippen molar-refractivity contribution in [3.8, 4) is 16.9 Å². The Hall–Kier alpha value is -3.42. The Bertz CT molecular complexity index is 1450. The highest BCUT2D eigenvalue weighted by Crippen LogP contribution is 2.46. The quantitative estimate of drug-likeness (QED) is 0.292. The summed E-state index contributed by atoms with van der Waals surface area (Å²) in [5, 5.41) is 21.1. The number of aliphatic carboxylic acids is 1. The van der Waals surface area contributed by atoms with Crippen LogP contribution in [0.5, 0.6) is 5.75 Å². The van der Waals surface area contributed by atoms with Crippen molar-refractivity contribution in [3.05, 3.63) is 76.6 Å². The van der Waals surface area contributed by atoms with Crippen molar-refractivity contribution in [2.75, 3.05) is 18.0 Å². The molecular weight excluding hydrogens is 540 g/mol. The van der Waals surface area contributed by atoms with Gasteiger partial charge in [0.1, 0.15) is 11.9 Å². The minimum atomic E-state index is -1.20. The van der Waals surface area contributed by atoms with E-state index in [1.807, 2.05) is 45.9 Å². The summed E-state index contributed by atoms with van der Waals surface area (Å²) in [6.45, 7) is 13.3. The zero-order valence-electron chi connectivity index (χ0n) is 26.4. The lowest BCUT2D eigenvalue weighted by atomic mass is 9.81. The van der Waals surface area contributed by atoms with Crippen LogP contribution in [0.2, 0.25) is 0 Å². The molecule has 2 aliphatic rings. The van der Waals surface area contributed by atoms with E-state index in [4.69, 9.17) is 14.5 Å². The molecule has 0 radical (unpaired) electrons. The smallest absolute Gasteiger partial charge is 0.337 e. The molecule has 1 saturated heterocycles. The summed E-state index contributed by atoms with van der Waals surface area (Å²) >= 11 is 0. The first-order chi connectivity index (χ1) is 20.3. The highest BCUT2D eigenvalue weighted by Gasteiger charge is 2.37. The minimum absolute atomic E-state index is 0.111. The van der Waals surface area contributed by atoms with E-state index in [2.05, 4.69) is 49.1 Å². The SMILES string of the molecule is Cc1nc(CO)c(-c2ccc3c(c2)CC[C@@H](Cc2ccccc2)O3)c(N2CCC(C)(C)CC2)c1[C@H](OC(C)(C)C)C(=O)O. The van der Waals surface area contributed by atoms with Crippen LogP contribution in [-0.4, -0.2) is 46.0 Å². The number of ether oxygens (including phenoxy) is 2. The van der Waals surface area contributed by atoms with E-state index in [9.17, 15) is 15.0 Å². The van der Waals surface area contributed by atoms with Crippen molar-refractivity contribution in [1.29, 1.82) is 0 Å². The van der Waals surface area contributed by atoms with Gasteiger partial charge >= 0.3 is 5.97 Å². The second-order valence-corrected chi connectivity index (χ2v) is 13.8. The molecule has 0 spiro atoms. The lowest BCUT2D eigenvalue weighted by Gasteiger charge is -2.41. The third kappa shape index (κ3) is 7.05. The molecule has 2 aliphatic heterocycles. The Morgan fingerprint density at radius 3 is 2.47 bits per heavy atom. The van der Waals surface area contributed by atoms with Crippen molar-refractivity contribution in [1.82, 2.24) is 4.98 Å². The van der Waals surface area contributed by atoms with Crippen LogP contribution in [0.1, 0.15) is 88.1 Å². The number of aryl methyl sites for hydroxylation is 2. The third-order valence-corrected chi connectivity index (χ3v) is 8.70. The maximum atomic E-state index is 12.8. The maximum absolute atomic E-state index is 12.8. The van der Waals surface area contributed by atoms with E-state index in [0.29, 0.717) is 17.0 Å². The number of piperidine rings is 1. The molecular formula is C36H46N2O5. The summed E-state index contributed by atoms with van der Waals surface area (Å²) in [7, 11) is 0. The van der Waals surface area contributed by atoms with Gasteiger partial charge in [-0.2, -0.15) is 0 Å². The van der Waals surface area contributed by atoms with E-state index < -0.39 is 17.7 Å². The number of hydrogen-bond acceptors (Lipinski definition) is 6. The lowest BCUT2D eigenvalue weighted by molar-refractivity contribution is -0.160. The zero-order chi connectivity index (χ0) is 30.9. The summed E-state index contributed by atoms with van der Waals surface area (Å²) in [5.74, 6) is -0.174. The molecule has 5 rings (SSSR count). The van der Waals surface area contributed by atoms with Gasteiger partial charge in [0.15, 0.2) is 6.10 Å². The zero-order valence-corrected chi connectivity index (χ0v) is 26.4. The van der Waals surface area contributed by atoms with Gasteiger partial charge in [-0.15, -0.1) is 0 Å². The first kappa shape index (κ1) is 31.0. The summed E-state index contributed by atoms with van der Waals surface area (Å²) in [6.07, 6.45) is 3.50. The molecule has 7 nitrogen and oxygen atoms in total. The maximum Gasteiger partial charge on any atom is 0.337 e. The number of benzene rings is 2. The summed E-state index contributed by atoms with van der Waals surface area (Å²) < 4.78 is 12.7. The highest BCUT2D eigenvalue weighted by molar-refractivity contribution is 5.88. The molecule has 0 saturated carbocycles. The minimum Gasteiger partial charge on any atom is -0.490 e. The molecule has 2 atom stereocenters. The van der Waals surface area contributed by atoms with E-state index in [1.54, 1.807) is 0 Å². The van der Waals surface area contributed by atoms with Crippen LogP contribution in [0.3, 0.4) is 0 Å². The number of aliphatic hydroxyl groups is 1. The average Bonchev–Trinajstić information content (AvgIpc) is 2.95. The number of carbonyl (C=O) groups is 1. The lowest BCUT2D eigenvalue weighted by Crippen LogP contribution is -2.39. The van der Waals surface area contributed by atoms with Crippen LogP contribution in [-0.2, 0) is 29.0 Å². The number of anilines is 1. The molecule has 43 heavy (non-hydrogen) atoms. The van der Waals surface area contributed by atoms with Crippen LogP contribution in [0.25, 0.3) is 11.1 Å². The fraction of sp³-hybridized carbons (Fsp3) is 0.500. The standard InChI is InChI=1S/C36H46N2O5/c1-23-30(33(34(40)41)43-35(2,3)4)32(38-18-16-36(5,6)17-19-38)31(28(22-39)37-23)26-13-15-29-25(21-26)12-14-27(42-29)20-24-10-8-7-9-11-24/h7-11,13,15,21,27,33,39H,12,14,16-20,22H2,1-6H3,(H,40,41)/t27-,33-/m0/s1. The van der Waals surface area contributed by atoms with Gasteiger partial charge in [0.05, 0.1) is 23.6 Å². The van der Waals surface area contributed by atoms with Gasteiger partial charge in [0.2, 0.25) is 0 Å². The highest BCUT2D eigenvalue weighted by atomic mass is 16.5. The molecule has 0 bridgehead atoms. The number of carboxylic acid groups (broad SMARTS) is 1. The van der Waals surface area contributed by atoms with Gasteiger partial charge in [-0.3, -0.25) is 4.98 Å². The summed E-state index contributed by atoms with van der Waals surface area (Å²) in [4.78, 5) is 19.9. The Kier molecular flexibility index (Phi) is 8.87. The molecule has 0 aliphatic carbocycles. The van der Waals surface area contributed by atoms with E-state index in [-0.39, 0.29) is 18.1 Å². The number of fused-ring (bicyclic) bond motifs is 1. The van der Waals surface area contributed by atoms with E-state index in [1.165, 1.54) is 5.56 Å². The van der Waals surface area contributed by atoms with Gasteiger partial charge in [0, 0.05) is 36.3 Å². The van der Waals surface area contributed by atoms with Crippen LogP contribution in [0, 0.1) is 12.3 Å². The second kappa shape index (κ2) is 12.3. The van der Waals surface area contributed by atoms with Crippen molar-refractivity contribution in [2.45, 2.75) is 98.1 Å². The fourth-order valence-corrected chi connectivity index (χ4v) is 6.36. The van der Waals surface area contributed by atoms with Gasteiger partial charge in [-0.05, 0) is 87.6 Å². The molecule has 3 heterocycles. The largest absolute Gasteiger partial charge is 0.490 e. The Morgan fingerprint density at radius 2 is 1.84 bits per heavy atom. The molecule has 3 aromatic rings. The van der Waals surface area contributed by atoms with Crippen molar-refractivity contribution in [3.63, 3.8) is 0 Å². The third-order valence-electron chi connectivity index (χ3n) is 8.70. The van der Waals surface area contributed by atoms with Crippen LogP contribution in [0.15, 0.2) is 48.5 Å². The Morgan fingerprint density at radius 1 is 1.14 bits per heavy atom. The molecule has 0 amide bonds.